The van der Waals surface area contributed by atoms with E-state index in [9.17, 15) is 0 Å². The van der Waals surface area contributed by atoms with Gasteiger partial charge < -0.3 is 9.80 Å². The largest absolute Gasteiger partial charge is 0.314 e. The highest BCUT2D eigenvalue weighted by molar-refractivity contribution is 6.91. The molecule has 0 spiro atoms. The van der Waals surface area contributed by atoms with E-state index in [2.05, 4.69) is 218 Å². The van der Waals surface area contributed by atoms with Crippen molar-refractivity contribution < 1.29 is 0 Å². The van der Waals surface area contributed by atoms with Crippen molar-refractivity contribution >= 4 is 29.2 Å². The van der Waals surface area contributed by atoms with Crippen molar-refractivity contribution in [2.45, 2.75) is 62.7 Å². The number of para-hydroxylation sites is 1. The Balaban J connectivity index is 1.04. The second-order valence-corrected chi connectivity index (χ2v) is 18.4. The predicted octanol–water partition coefficient (Wildman–Crippen LogP) is 13.3. The molecule has 5 aromatic rings. The van der Waals surface area contributed by atoms with Crippen LogP contribution < -0.4 is 15.3 Å². The van der Waals surface area contributed by atoms with E-state index in [0.29, 0.717) is 17.8 Å². The minimum absolute atomic E-state index is 0.144. The molecule has 0 saturated carbocycles. The van der Waals surface area contributed by atoms with Gasteiger partial charge in [-0.25, -0.2) is 0 Å². The molecule has 0 saturated heterocycles. The number of anilines is 3. The number of fused-ring (bicyclic) bond motifs is 7. The minimum Gasteiger partial charge on any atom is -0.314 e. The molecule has 7 aliphatic rings. The van der Waals surface area contributed by atoms with Gasteiger partial charge in [-0.05, 0) is 107 Å². The molecule has 0 radical (unpaired) electrons. The molecular weight excluding hydrogens is 735 g/mol. The maximum atomic E-state index is 2.75. The van der Waals surface area contributed by atoms with Crippen LogP contribution in [0.2, 0.25) is 0 Å². The van der Waals surface area contributed by atoms with Gasteiger partial charge in [0.1, 0.15) is 0 Å². The van der Waals surface area contributed by atoms with Gasteiger partial charge in [-0.15, -0.1) is 0 Å². The second-order valence-electron chi connectivity index (χ2n) is 18.4. The van der Waals surface area contributed by atoms with E-state index in [-0.39, 0.29) is 17.5 Å². The molecule has 0 bridgehead atoms. The first-order valence-electron chi connectivity index (χ1n) is 22.6. The monoisotopic (exact) mass is 786 g/mol. The van der Waals surface area contributed by atoms with E-state index in [1.807, 2.05) is 0 Å². The molecule has 2 nitrogen and oxygen atoms in total. The highest BCUT2D eigenvalue weighted by Crippen LogP contribution is 2.58. The number of rotatable bonds is 7. The van der Waals surface area contributed by atoms with Crippen LogP contribution in [-0.2, 0) is 10.8 Å². The lowest BCUT2D eigenvalue weighted by atomic mass is 9.30. The van der Waals surface area contributed by atoms with Crippen LogP contribution in [0.4, 0.5) is 17.1 Å². The molecule has 0 N–H and O–H groups in total. The third-order valence-electron chi connectivity index (χ3n) is 15.6. The van der Waals surface area contributed by atoms with Crippen molar-refractivity contribution in [3.8, 4) is 0 Å². The van der Waals surface area contributed by atoms with Gasteiger partial charge in [0.05, 0.1) is 0 Å². The summed E-state index contributed by atoms with van der Waals surface area (Å²) < 4.78 is 0. The summed E-state index contributed by atoms with van der Waals surface area (Å²) in [4.78, 5) is 5.29. The lowest BCUT2D eigenvalue weighted by Crippen LogP contribution is -2.53. The maximum Gasteiger partial charge on any atom is 0.251 e. The number of allylic oxidation sites excluding steroid dienone is 14. The fourth-order valence-corrected chi connectivity index (χ4v) is 12.4. The molecule has 61 heavy (non-hydrogen) atoms. The first-order valence-corrected chi connectivity index (χ1v) is 22.6. The summed E-state index contributed by atoms with van der Waals surface area (Å²) in [6.07, 6.45) is 30.1. The summed E-state index contributed by atoms with van der Waals surface area (Å²) in [5.41, 5.74) is 19.3. The maximum absolute atomic E-state index is 2.75. The average molecular weight is 787 g/mol. The van der Waals surface area contributed by atoms with Gasteiger partial charge >= 0.3 is 0 Å². The van der Waals surface area contributed by atoms with Gasteiger partial charge in [0.15, 0.2) is 0 Å². The van der Waals surface area contributed by atoms with Crippen LogP contribution in [0.25, 0.3) is 0 Å². The van der Waals surface area contributed by atoms with E-state index >= 15 is 0 Å². The van der Waals surface area contributed by atoms with Crippen molar-refractivity contribution in [1.82, 2.24) is 0 Å². The van der Waals surface area contributed by atoms with Crippen LogP contribution in [0.5, 0.6) is 0 Å². The Morgan fingerprint density at radius 2 is 1.23 bits per heavy atom. The summed E-state index contributed by atoms with van der Waals surface area (Å²) in [6.45, 7) is 5.13. The van der Waals surface area contributed by atoms with Crippen LogP contribution in [0, 0.1) is 11.8 Å². The Labute approximate surface area is 362 Å². The van der Waals surface area contributed by atoms with Gasteiger partial charge in [-0.1, -0.05) is 189 Å². The highest BCUT2D eigenvalue weighted by Gasteiger charge is 2.52. The zero-order chi connectivity index (χ0) is 40.7. The highest BCUT2D eigenvalue weighted by atomic mass is 15.2. The Morgan fingerprint density at radius 1 is 0.590 bits per heavy atom. The van der Waals surface area contributed by atoms with Gasteiger partial charge in [0.25, 0.3) is 6.71 Å². The van der Waals surface area contributed by atoms with E-state index in [1.165, 1.54) is 72.8 Å². The number of hydrogen-bond donors (Lipinski definition) is 0. The molecule has 12 rings (SSSR count). The van der Waals surface area contributed by atoms with Crippen molar-refractivity contribution in [3.05, 3.63) is 250 Å². The summed E-state index contributed by atoms with van der Waals surface area (Å²) in [7, 11) is 0. The molecule has 0 amide bonds. The van der Waals surface area contributed by atoms with Gasteiger partial charge in [-0.3, -0.25) is 0 Å². The molecule has 3 heterocycles. The predicted molar refractivity (Wildman–Crippen MR) is 256 cm³/mol. The molecular formula is C58H51BN2. The van der Waals surface area contributed by atoms with Crippen LogP contribution in [-0.4, -0.2) is 6.71 Å². The molecule has 4 atom stereocenters. The van der Waals surface area contributed by atoms with E-state index in [4.69, 9.17) is 0 Å². The summed E-state index contributed by atoms with van der Waals surface area (Å²) in [6, 6.07) is 50.0. The second kappa shape index (κ2) is 14.1. The average Bonchev–Trinajstić information content (AvgIpc) is 3.68. The molecule has 4 aliphatic carbocycles. The minimum atomic E-state index is -0.177. The molecule has 3 heteroatoms. The fourth-order valence-electron chi connectivity index (χ4n) is 12.4. The fraction of sp³-hybridized carbons (Fsp3) is 0.207. The van der Waals surface area contributed by atoms with E-state index in [0.717, 1.165) is 32.1 Å². The molecule has 4 unspecified atom stereocenters. The van der Waals surface area contributed by atoms with Crippen LogP contribution in [0.1, 0.15) is 74.1 Å². The van der Waals surface area contributed by atoms with Crippen LogP contribution in [0.15, 0.2) is 228 Å². The lowest BCUT2D eigenvalue weighted by Gasteiger charge is -2.49. The summed E-state index contributed by atoms with van der Waals surface area (Å²) >= 11 is 0. The zero-order valence-electron chi connectivity index (χ0n) is 35.2. The lowest BCUT2D eigenvalue weighted by molar-refractivity contribution is 0.393. The Bertz CT molecular complexity index is 2800. The third kappa shape index (κ3) is 5.35. The van der Waals surface area contributed by atoms with Crippen molar-refractivity contribution in [2.75, 3.05) is 9.80 Å². The molecule has 0 fully saturated rings. The van der Waals surface area contributed by atoms with Gasteiger partial charge in [0.2, 0.25) is 0 Å². The Hall–Kier alpha value is -6.32. The Kier molecular flexibility index (Phi) is 8.46. The standard InChI is InChI=1S/C58H51BN2/c1-57(40-19-7-3-8-20-40,41-21-9-4-10-22-41)44-33-36-46(37-34-44)60-52-38-35-45(58(2,42-23-11-5-12-24-42)43-25-13-6-14-26-43)39-50(52)59-49-29-17-28-48-47-27-15-16-30-51(47)61(56(48)49)54-32-18-31-53(60)55(54)59/h3-13,15-25,27,29-33,36-39,44-45,48H,14,26,28,34-35H2,1-2H3. The zero-order valence-corrected chi connectivity index (χ0v) is 35.2. The first-order chi connectivity index (χ1) is 30.0. The Morgan fingerprint density at radius 3 is 1.90 bits per heavy atom. The molecule has 296 valence electrons. The van der Waals surface area contributed by atoms with Crippen molar-refractivity contribution in [1.29, 1.82) is 0 Å². The first kappa shape index (κ1) is 36.5. The molecule has 0 aromatic heterocycles. The topological polar surface area (TPSA) is 6.48 Å². The van der Waals surface area contributed by atoms with Crippen molar-refractivity contribution in [3.63, 3.8) is 0 Å². The van der Waals surface area contributed by atoms with E-state index in [1.54, 1.807) is 5.57 Å². The van der Waals surface area contributed by atoms with Gasteiger partial charge in [-0.2, -0.15) is 0 Å². The van der Waals surface area contributed by atoms with Crippen LogP contribution in [0.3, 0.4) is 0 Å². The normalized spacial score (nSPS) is 22.9. The number of nitrogens with zero attached hydrogens (tertiary/aromatic N) is 2. The molecule has 5 aromatic carbocycles. The van der Waals surface area contributed by atoms with E-state index < -0.39 is 0 Å². The quantitative estimate of drug-likeness (QED) is 0.152. The van der Waals surface area contributed by atoms with Crippen molar-refractivity contribution in [2.24, 2.45) is 11.8 Å². The summed E-state index contributed by atoms with van der Waals surface area (Å²) in [5, 5.41) is 0. The summed E-state index contributed by atoms with van der Waals surface area (Å²) in [5.74, 6) is 0.967. The SMILES string of the molecule is CC(C1=CC=CCC1)(c1ccccc1)C1C=C2B3C4=C5C(CC=C4)c4ccccc4N5c4cccc(c43)N(C3=CCC(C(C)(c4ccccc4)c4ccccc4)C=C3)C2=CC1. The number of hydrogen-bond acceptors (Lipinski definition) is 2. The van der Waals surface area contributed by atoms with Crippen LogP contribution >= 0.6 is 0 Å². The smallest absolute Gasteiger partial charge is 0.251 e. The molecule has 3 aliphatic heterocycles. The number of benzene rings is 5. The third-order valence-corrected chi connectivity index (χ3v) is 15.6. The van der Waals surface area contributed by atoms with Gasteiger partial charge in [0, 0.05) is 50.9 Å².